The number of benzene rings is 2. The molecule has 3 heterocycles. The molecule has 7 nitrogen and oxygen atoms in total. The van der Waals surface area contributed by atoms with E-state index in [-0.39, 0.29) is 5.75 Å². The molecule has 5 rings (SSSR count). The molecule has 1 N–H and O–H groups in total. The lowest BCUT2D eigenvalue weighted by Crippen LogP contribution is -2.19. The van der Waals surface area contributed by atoms with E-state index in [0.29, 0.717) is 11.6 Å². The van der Waals surface area contributed by atoms with E-state index in [4.69, 9.17) is 19.7 Å². The van der Waals surface area contributed by atoms with Gasteiger partial charge >= 0.3 is 0 Å². The van der Waals surface area contributed by atoms with Gasteiger partial charge in [0.1, 0.15) is 5.82 Å². The molecule has 0 amide bonds. The van der Waals surface area contributed by atoms with Crippen molar-refractivity contribution >= 4 is 34.6 Å². The Labute approximate surface area is 218 Å². The summed E-state index contributed by atoms with van der Waals surface area (Å²) in [5, 5.41) is 11.5. The number of nitrogens with zero attached hydrogens (tertiary/aromatic N) is 5. The maximum absolute atomic E-state index is 10.4. The number of para-hydroxylation sites is 1. The number of phenolic OH excluding ortho intramolecular Hbond substituents is 1. The highest BCUT2D eigenvalue weighted by molar-refractivity contribution is 5.95. The van der Waals surface area contributed by atoms with Gasteiger partial charge in [0.05, 0.1) is 29.7 Å². The van der Waals surface area contributed by atoms with E-state index in [9.17, 15) is 5.11 Å². The van der Waals surface area contributed by atoms with Crippen LogP contribution in [0.5, 0.6) is 11.5 Å². The predicted molar refractivity (Wildman–Crippen MR) is 152 cm³/mol. The highest BCUT2D eigenvalue weighted by atomic mass is 16.5. The van der Waals surface area contributed by atoms with Crippen LogP contribution in [0.25, 0.3) is 34.3 Å². The fourth-order valence-electron chi connectivity index (χ4n) is 5.04. The van der Waals surface area contributed by atoms with Crippen LogP contribution in [0.1, 0.15) is 36.8 Å². The number of methoxy groups -OCH3 is 1. The van der Waals surface area contributed by atoms with Crippen molar-refractivity contribution in [3.63, 3.8) is 0 Å². The molecule has 0 spiro atoms. The second-order valence-corrected chi connectivity index (χ2v) is 9.47. The zero-order valence-corrected chi connectivity index (χ0v) is 21.9. The first-order valence-electron chi connectivity index (χ1n) is 12.8. The van der Waals surface area contributed by atoms with Crippen LogP contribution in [0.15, 0.2) is 48.5 Å². The number of fused-ring (bicyclic) bond motifs is 1. The van der Waals surface area contributed by atoms with Gasteiger partial charge < -0.3 is 19.6 Å². The van der Waals surface area contributed by atoms with E-state index < -0.39 is 0 Å². The summed E-state index contributed by atoms with van der Waals surface area (Å²) < 4.78 is 5.22. The minimum atomic E-state index is 0.0857. The molecule has 190 valence electrons. The van der Waals surface area contributed by atoms with Crippen LogP contribution in [0.4, 0.5) is 11.5 Å². The van der Waals surface area contributed by atoms with Crippen molar-refractivity contribution in [2.75, 3.05) is 44.1 Å². The number of aromatic hydroxyl groups is 1. The predicted octanol–water partition coefficient (Wildman–Crippen LogP) is 5.81. The molecule has 0 bridgehead atoms. The quantitative estimate of drug-likeness (QED) is 0.347. The van der Waals surface area contributed by atoms with Crippen molar-refractivity contribution in [1.82, 2.24) is 15.0 Å². The Balaban J connectivity index is 1.61. The third-order valence-electron chi connectivity index (χ3n) is 6.82. The minimum Gasteiger partial charge on any atom is -0.504 e. The third kappa shape index (κ3) is 4.94. The van der Waals surface area contributed by atoms with Gasteiger partial charge in [-0.05, 0) is 55.7 Å². The summed E-state index contributed by atoms with van der Waals surface area (Å²) >= 11 is 0. The molecule has 1 saturated heterocycles. The lowest BCUT2D eigenvalue weighted by molar-refractivity contribution is 0.373. The molecule has 0 aliphatic carbocycles. The fraction of sp³-hybridized carbons (Fsp3) is 0.300. The molecule has 37 heavy (non-hydrogen) atoms. The Morgan fingerprint density at radius 2 is 1.78 bits per heavy atom. The summed E-state index contributed by atoms with van der Waals surface area (Å²) in [5.74, 6) is 2.03. The van der Waals surface area contributed by atoms with Crippen LogP contribution in [0.3, 0.4) is 0 Å². The molecule has 0 unspecified atom stereocenters. The molecule has 0 saturated carbocycles. The van der Waals surface area contributed by atoms with Crippen LogP contribution >= 0.6 is 0 Å². The van der Waals surface area contributed by atoms with E-state index in [0.717, 1.165) is 66.0 Å². The van der Waals surface area contributed by atoms with Gasteiger partial charge in [-0.15, -0.1) is 0 Å². The second-order valence-electron chi connectivity index (χ2n) is 9.47. The molecule has 1 fully saturated rings. The van der Waals surface area contributed by atoms with E-state index in [1.165, 1.54) is 11.3 Å². The zero-order chi connectivity index (χ0) is 25.9. The van der Waals surface area contributed by atoms with E-state index in [1.807, 2.05) is 30.4 Å². The first-order chi connectivity index (χ1) is 18.0. The highest BCUT2D eigenvalue weighted by Gasteiger charge is 2.18. The van der Waals surface area contributed by atoms with Crippen LogP contribution in [0, 0.1) is 0 Å². The van der Waals surface area contributed by atoms with E-state index in [1.54, 1.807) is 19.2 Å². The summed E-state index contributed by atoms with van der Waals surface area (Å²) in [4.78, 5) is 19.2. The lowest BCUT2D eigenvalue weighted by atomic mass is 10.0. The largest absolute Gasteiger partial charge is 0.504 e. The smallest absolute Gasteiger partial charge is 0.160 e. The Kier molecular flexibility index (Phi) is 6.95. The fourth-order valence-corrected chi connectivity index (χ4v) is 5.04. The summed E-state index contributed by atoms with van der Waals surface area (Å²) in [6.07, 6.45) is 7.14. The molecule has 0 radical (unpaired) electrons. The number of anilines is 2. The Bertz CT molecular complexity index is 1460. The molecule has 1 aliphatic rings. The van der Waals surface area contributed by atoms with Crippen molar-refractivity contribution in [3.8, 4) is 22.8 Å². The normalized spacial score (nSPS) is 13.6. The first-order valence-corrected chi connectivity index (χ1v) is 12.8. The number of rotatable bonds is 7. The Morgan fingerprint density at radius 1 is 1.00 bits per heavy atom. The van der Waals surface area contributed by atoms with Crippen LogP contribution in [-0.2, 0) is 6.42 Å². The third-order valence-corrected chi connectivity index (χ3v) is 6.82. The monoisotopic (exact) mass is 495 g/mol. The zero-order valence-electron chi connectivity index (χ0n) is 21.9. The molecule has 7 heteroatoms. The number of ether oxygens (including phenoxy) is 1. The molecule has 0 atom stereocenters. The number of pyridine rings is 1. The second kappa shape index (κ2) is 10.5. The van der Waals surface area contributed by atoms with Gasteiger partial charge in [-0.1, -0.05) is 25.1 Å². The number of hydrogen-bond acceptors (Lipinski definition) is 7. The van der Waals surface area contributed by atoms with Gasteiger partial charge in [-0.2, -0.15) is 0 Å². The van der Waals surface area contributed by atoms with Crippen molar-refractivity contribution in [2.24, 2.45) is 0 Å². The molecule has 2 aromatic carbocycles. The SMILES string of the molecule is CCc1c(C=Cc2nc(-c3ccc(OC)c(O)c3)cc(N3CCCC3)n2)nc2ccccc2c1N(C)C. The number of phenols is 1. The maximum Gasteiger partial charge on any atom is 0.160 e. The van der Waals surface area contributed by atoms with Gasteiger partial charge in [0, 0.05) is 49.8 Å². The number of hydrogen-bond donors (Lipinski definition) is 1. The average Bonchev–Trinajstić information content (AvgIpc) is 3.46. The minimum absolute atomic E-state index is 0.0857. The van der Waals surface area contributed by atoms with E-state index in [2.05, 4.69) is 49.0 Å². The van der Waals surface area contributed by atoms with E-state index >= 15 is 0 Å². The maximum atomic E-state index is 10.4. The van der Waals surface area contributed by atoms with Gasteiger partial charge in [-0.25, -0.2) is 15.0 Å². The standard InChI is InChI=1S/C30H33N5O2/c1-5-21-24(31-23-11-7-6-10-22(23)30(21)34(2)3)13-15-28-32-25(19-29(33-28)35-16-8-9-17-35)20-12-14-27(37-4)26(36)18-20/h6-7,10-15,18-19,36H,5,8-9,16-17H2,1-4H3. The van der Waals surface area contributed by atoms with Gasteiger partial charge in [0.25, 0.3) is 0 Å². The van der Waals surface area contributed by atoms with Crippen LogP contribution in [0.2, 0.25) is 0 Å². The summed E-state index contributed by atoms with van der Waals surface area (Å²) in [6, 6.07) is 15.6. The van der Waals surface area contributed by atoms with Crippen molar-refractivity contribution in [2.45, 2.75) is 26.2 Å². The van der Waals surface area contributed by atoms with Crippen molar-refractivity contribution in [3.05, 3.63) is 65.6 Å². The van der Waals surface area contributed by atoms with Gasteiger partial charge in [-0.3, -0.25) is 0 Å². The lowest BCUT2D eigenvalue weighted by Gasteiger charge is -2.21. The molecular weight excluding hydrogens is 462 g/mol. The highest BCUT2D eigenvalue weighted by Crippen LogP contribution is 2.34. The number of aromatic nitrogens is 3. The molecular formula is C30H33N5O2. The Morgan fingerprint density at radius 3 is 2.49 bits per heavy atom. The molecule has 2 aromatic heterocycles. The van der Waals surface area contributed by atoms with Crippen LogP contribution < -0.4 is 14.5 Å². The summed E-state index contributed by atoms with van der Waals surface area (Å²) in [6.45, 7) is 4.12. The van der Waals surface area contributed by atoms with Gasteiger partial charge in [0.2, 0.25) is 0 Å². The topological polar surface area (TPSA) is 74.6 Å². The molecule has 4 aromatic rings. The average molecular weight is 496 g/mol. The summed E-state index contributed by atoms with van der Waals surface area (Å²) in [7, 11) is 5.70. The van der Waals surface area contributed by atoms with Gasteiger partial charge in [0.15, 0.2) is 17.3 Å². The Hall–Kier alpha value is -4.13. The molecule has 1 aliphatic heterocycles. The summed E-state index contributed by atoms with van der Waals surface area (Å²) in [5.41, 5.74) is 5.83. The van der Waals surface area contributed by atoms with Crippen molar-refractivity contribution < 1.29 is 9.84 Å². The van der Waals surface area contributed by atoms with Crippen molar-refractivity contribution in [1.29, 1.82) is 0 Å². The van der Waals surface area contributed by atoms with Crippen LogP contribution in [-0.4, -0.2) is 54.4 Å². The first kappa shape index (κ1) is 24.6.